The summed E-state index contributed by atoms with van der Waals surface area (Å²) < 4.78 is 5.51. The molecule has 2 heterocycles. The van der Waals surface area contributed by atoms with E-state index < -0.39 is 5.60 Å². The Morgan fingerprint density at radius 1 is 1.07 bits per heavy atom. The van der Waals surface area contributed by atoms with Crippen LogP contribution in [0.3, 0.4) is 0 Å². The average molecular weight is 421 g/mol. The molecule has 2 aliphatic heterocycles. The summed E-state index contributed by atoms with van der Waals surface area (Å²) in [7, 11) is 0. The van der Waals surface area contributed by atoms with Crippen LogP contribution in [0.5, 0.6) is 0 Å². The third-order valence-electron chi connectivity index (χ3n) is 5.76. The zero-order chi connectivity index (χ0) is 21.2. The zero-order valence-corrected chi connectivity index (χ0v) is 19.4. The standard InChI is InChI=1S/C22H36N4O2S/c1-16-18(14-19(17(2)20(16)29)25-8-6-23-7-9-25)15-24-10-12-26(13-11-24)21(27)28-22(3,4)5/h14,23,29H,6-13,15H2,1-5H3. The minimum atomic E-state index is -0.448. The fourth-order valence-corrected chi connectivity index (χ4v) is 4.25. The highest BCUT2D eigenvalue weighted by Crippen LogP contribution is 2.32. The van der Waals surface area contributed by atoms with Gasteiger partial charge in [0.15, 0.2) is 0 Å². The lowest BCUT2D eigenvalue weighted by atomic mass is 10.0. The molecule has 3 rings (SSSR count). The van der Waals surface area contributed by atoms with E-state index >= 15 is 0 Å². The summed E-state index contributed by atoms with van der Waals surface area (Å²) in [6.07, 6.45) is -0.206. The van der Waals surface area contributed by atoms with E-state index in [2.05, 4.69) is 35.0 Å². The molecule has 1 aromatic carbocycles. The number of carbonyl (C=O) groups excluding carboxylic acids is 1. The van der Waals surface area contributed by atoms with Crippen molar-refractivity contribution in [2.24, 2.45) is 0 Å². The maximum absolute atomic E-state index is 12.3. The minimum Gasteiger partial charge on any atom is -0.444 e. The van der Waals surface area contributed by atoms with Crippen molar-refractivity contribution < 1.29 is 9.53 Å². The van der Waals surface area contributed by atoms with Crippen LogP contribution in [0.4, 0.5) is 10.5 Å². The molecule has 162 valence electrons. The van der Waals surface area contributed by atoms with E-state index in [1.54, 1.807) is 0 Å². The fraction of sp³-hybridized carbons (Fsp3) is 0.682. The molecule has 2 fully saturated rings. The van der Waals surface area contributed by atoms with Crippen LogP contribution >= 0.6 is 12.6 Å². The molecule has 0 unspecified atom stereocenters. The number of nitrogens with one attached hydrogen (secondary N) is 1. The van der Waals surface area contributed by atoms with Crippen LogP contribution in [0.1, 0.15) is 37.5 Å². The topological polar surface area (TPSA) is 48.1 Å². The Balaban J connectivity index is 1.66. The normalized spacial score (nSPS) is 18.8. The van der Waals surface area contributed by atoms with E-state index in [-0.39, 0.29) is 6.09 Å². The van der Waals surface area contributed by atoms with Gasteiger partial charge >= 0.3 is 6.09 Å². The minimum absolute atomic E-state index is 0.206. The molecule has 29 heavy (non-hydrogen) atoms. The molecule has 0 saturated carbocycles. The molecule has 0 aliphatic carbocycles. The maximum atomic E-state index is 12.3. The Bertz CT molecular complexity index is 733. The molecule has 1 aromatic rings. The van der Waals surface area contributed by atoms with Gasteiger partial charge < -0.3 is 19.9 Å². The molecule has 0 aromatic heterocycles. The van der Waals surface area contributed by atoms with Crippen LogP contribution in [-0.2, 0) is 11.3 Å². The second-order valence-corrected chi connectivity index (χ2v) is 9.58. The van der Waals surface area contributed by atoms with Crippen molar-refractivity contribution in [2.45, 2.75) is 51.7 Å². The maximum Gasteiger partial charge on any atom is 0.410 e. The first-order valence-corrected chi connectivity index (χ1v) is 11.1. The van der Waals surface area contributed by atoms with Crippen LogP contribution in [0.15, 0.2) is 11.0 Å². The average Bonchev–Trinajstić information content (AvgIpc) is 2.68. The van der Waals surface area contributed by atoms with E-state index in [9.17, 15) is 4.79 Å². The van der Waals surface area contributed by atoms with Crippen molar-refractivity contribution >= 4 is 24.4 Å². The Hall–Kier alpha value is -1.44. The third kappa shape index (κ3) is 5.58. The van der Waals surface area contributed by atoms with Crippen LogP contribution in [-0.4, -0.2) is 73.9 Å². The van der Waals surface area contributed by atoms with Crippen LogP contribution < -0.4 is 10.2 Å². The number of amides is 1. The Kier molecular flexibility index (Phi) is 7.02. The summed E-state index contributed by atoms with van der Waals surface area (Å²) in [5.41, 5.74) is 4.73. The molecule has 1 amide bonds. The predicted molar refractivity (Wildman–Crippen MR) is 121 cm³/mol. The van der Waals surface area contributed by atoms with Gasteiger partial charge in [-0.15, -0.1) is 12.6 Å². The number of carbonyl (C=O) groups is 1. The predicted octanol–water partition coefficient (Wildman–Crippen LogP) is 3.05. The van der Waals surface area contributed by atoms with Crippen molar-refractivity contribution in [2.75, 3.05) is 57.3 Å². The van der Waals surface area contributed by atoms with Gasteiger partial charge in [0, 0.05) is 69.5 Å². The molecule has 6 nitrogen and oxygen atoms in total. The lowest BCUT2D eigenvalue weighted by molar-refractivity contribution is 0.0139. The molecule has 2 saturated heterocycles. The molecule has 7 heteroatoms. The number of rotatable bonds is 3. The highest BCUT2D eigenvalue weighted by atomic mass is 32.1. The van der Waals surface area contributed by atoms with Crippen LogP contribution in [0.2, 0.25) is 0 Å². The molecule has 0 radical (unpaired) electrons. The van der Waals surface area contributed by atoms with Crippen LogP contribution in [0.25, 0.3) is 0 Å². The van der Waals surface area contributed by atoms with E-state index in [4.69, 9.17) is 17.4 Å². The molecule has 1 N–H and O–H groups in total. The summed E-state index contributed by atoms with van der Waals surface area (Å²) in [5.74, 6) is 0. The van der Waals surface area contributed by atoms with Gasteiger partial charge in [-0.3, -0.25) is 4.90 Å². The summed E-state index contributed by atoms with van der Waals surface area (Å²) in [4.78, 5) is 20.1. The van der Waals surface area contributed by atoms with E-state index in [0.29, 0.717) is 13.1 Å². The number of ether oxygens (including phenoxy) is 1. The molecule has 0 bridgehead atoms. The van der Waals surface area contributed by atoms with E-state index in [1.807, 2.05) is 25.7 Å². The van der Waals surface area contributed by atoms with Crippen molar-refractivity contribution in [1.29, 1.82) is 0 Å². The van der Waals surface area contributed by atoms with Crippen molar-refractivity contribution in [3.05, 3.63) is 22.8 Å². The molecule has 0 atom stereocenters. The van der Waals surface area contributed by atoms with Gasteiger partial charge in [0.2, 0.25) is 0 Å². The Morgan fingerprint density at radius 2 is 1.69 bits per heavy atom. The lowest BCUT2D eigenvalue weighted by Gasteiger charge is -2.36. The number of hydrogen-bond acceptors (Lipinski definition) is 6. The monoisotopic (exact) mass is 420 g/mol. The zero-order valence-electron chi connectivity index (χ0n) is 18.5. The highest BCUT2D eigenvalue weighted by molar-refractivity contribution is 7.80. The van der Waals surface area contributed by atoms with Crippen molar-refractivity contribution in [3.63, 3.8) is 0 Å². The second kappa shape index (κ2) is 9.14. The summed E-state index contributed by atoms with van der Waals surface area (Å²) >= 11 is 4.84. The van der Waals surface area contributed by atoms with E-state index in [0.717, 1.165) is 50.7 Å². The smallest absolute Gasteiger partial charge is 0.410 e. The number of anilines is 1. The van der Waals surface area contributed by atoms with Gasteiger partial charge in [-0.25, -0.2) is 4.79 Å². The summed E-state index contributed by atoms with van der Waals surface area (Å²) in [6, 6.07) is 2.36. The molecule has 2 aliphatic rings. The number of thiol groups is 1. The Morgan fingerprint density at radius 3 is 2.28 bits per heavy atom. The Labute approximate surface area is 181 Å². The SMILES string of the molecule is Cc1c(CN2CCN(C(=O)OC(C)(C)C)CC2)cc(N2CCNCC2)c(C)c1S. The first-order valence-electron chi connectivity index (χ1n) is 10.6. The second-order valence-electron chi connectivity index (χ2n) is 9.13. The fourth-order valence-electron chi connectivity index (χ4n) is 3.99. The van der Waals surface area contributed by atoms with Gasteiger partial charge in [-0.1, -0.05) is 0 Å². The highest BCUT2D eigenvalue weighted by Gasteiger charge is 2.26. The van der Waals surface area contributed by atoms with Crippen LogP contribution in [0, 0.1) is 13.8 Å². The van der Waals surface area contributed by atoms with Gasteiger partial charge in [-0.2, -0.15) is 0 Å². The largest absolute Gasteiger partial charge is 0.444 e. The quantitative estimate of drug-likeness (QED) is 0.736. The van der Waals surface area contributed by atoms with Gasteiger partial charge in [-0.05, 0) is 57.4 Å². The first-order chi connectivity index (χ1) is 13.7. The number of hydrogen-bond donors (Lipinski definition) is 2. The number of benzene rings is 1. The molecular formula is C22H36N4O2S. The summed E-state index contributed by atoms with van der Waals surface area (Å²) in [6.45, 7) is 18.2. The van der Waals surface area contributed by atoms with Gasteiger partial charge in [0.05, 0.1) is 0 Å². The first kappa shape index (κ1) is 22.2. The molecule has 0 spiro atoms. The summed E-state index contributed by atoms with van der Waals surface area (Å²) in [5, 5.41) is 3.43. The molecular weight excluding hydrogens is 384 g/mol. The van der Waals surface area contributed by atoms with Gasteiger partial charge in [0.1, 0.15) is 5.60 Å². The number of nitrogens with zero attached hydrogens (tertiary/aromatic N) is 3. The number of piperazine rings is 2. The lowest BCUT2D eigenvalue weighted by Crippen LogP contribution is -2.49. The van der Waals surface area contributed by atoms with E-state index in [1.165, 1.54) is 22.4 Å². The van der Waals surface area contributed by atoms with Crippen molar-refractivity contribution in [1.82, 2.24) is 15.1 Å². The van der Waals surface area contributed by atoms with Crippen molar-refractivity contribution in [3.8, 4) is 0 Å². The third-order valence-corrected chi connectivity index (χ3v) is 6.43. The van der Waals surface area contributed by atoms with Gasteiger partial charge in [0.25, 0.3) is 0 Å².